The van der Waals surface area contributed by atoms with Gasteiger partial charge in [-0.15, -0.1) is 0 Å². The normalized spacial score (nSPS) is 11.1. The third kappa shape index (κ3) is 4.30. The minimum absolute atomic E-state index is 0.0964. The molecule has 34 heavy (non-hydrogen) atoms. The average molecular weight is 458 g/mol. The highest BCUT2D eigenvalue weighted by Crippen LogP contribution is 2.29. The largest absolute Gasteiger partial charge is 0.441 e. The minimum atomic E-state index is -0.739. The van der Waals surface area contributed by atoms with Crippen molar-refractivity contribution in [2.75, 3.05) is 5.32 Å². The van der Waals surface area contributed by atoms with Crippen molar-refractivity contribution in [3.63, 3.8) is 0 Å². The highest BCUT2D eigenvalue weighted by Gasteiger charge is 2.18. The van der Waals surface area contributed by atoms with Gasteiger partial charge in [0.05, 0.1) is 11.8 Å². The number of amides is 1. The maximum absolute atomic E-state index is 14.0. The summed E-state index contributed by atoms with van der Waals surface area (Å²) in [4.78, 5) is 21.7. The smallest absolute Gasteiger partial charge is 0.226 e. The third-order valence-electron chi connectivity index (χ3n) is 5.39. The molecule has 0 bridgehead atoms. The van der Waals surface area contributed by atoms with Gasteiger partial charge in [-0.25, -0.2) is 18.7 Å². The summed E-state index contributed by atoms with van der Waals surface area (Å²) in [6, 6.07) is 16.7. The fourth-order valence-electron chi connectivity index (χ4n) is 3.72. The van der Waals surface area contributed by atoms with Gasteiger partial charge < -0.3 is 9.73 Å². The van der Waals surface area contributed by atoms with Crippen molar-refractivity contribution in [2.45, 2.75) is 19.8 Å². The molecule has 5 aromatic rings. The standard InChI is InChI=1S/C26H20F2N4O2/c1-16-7-10-22-30-25(17-5-3-2-4-6-17)26(32(22)15-16)31-23(33)11-12-24-29-14-21(34-24)19-9-8-18(27)13-20(19)28/h2-10,13-15H,11-12H2,1H3,(H,31,33). The number of benzene rings is 2. The molecule has 0 radical (unpaired) electrons. The van der Waals surface area contributed by atoms with E-state index < -0.39 is 11.6 Å². The van der Waals surface area contributed by atoms with E-state index >= 15 is 0 Å². The number of hydrogen-bond donors (Lipinski definition) is 1. The maximum Gasteiger partial charge on any atom is 0.226 e. The summed E-state index contributed by atoms with van der Waals surface area (Å²) in [5, 5.41) is 2.97. The number of carbonyl (C=O) groups excluding carboxylic acids is 1. The molecular formula is C26H20F2N4O2. The highest BCUT2D eigenvalue weighted by molar-refractivity contribution is 5.94. The number of hydrogen-bond acceptors (Lipinski definition) is 4. The molecule has 3 aromatic heterocycles. The molecule has 170 valence electrons. The molecule has 2 aromatic carbocycles. The van der Waals surface area contributed by atoms with Gasteiger partial charge in [-0.05, 0) is 30.7 Å². The van der Waals surface area contributed by atoms with Gasteiger partial charge in [-0.2, -0.15) is 0 Å². The second-order valence-corrected chi connectivity index (χ2v) is 7.90. The van der Waals surface area contributed by atoms with Crippen LogP contribution >= 0.6 is 0 Å². The SMILES string of the molecule is Cc1ccc2nc(-c3ccccc3)c(NC(=O)CCc3ncc(-c4ccc(F)cc4F)o3)n2c1. The Morgan fingerprint density at radius 1 is 1.09 bits per heavy atom. The number of fused-ring (bicyclic) bond motifs is 1. The van der Waals surface area contributed by atoms with Crippen LogP contribution in [0.2, 0.25) is 0 Å². The Kier molecular flexibility index (Phi) is 5.63. The molecule has 0 unspecified atom stereocenters. The number of imidazole rings is 1. The van der Waals surface area contributed by atoms with Crippen LogP contribution in [0.1, 0.15) is 17.9 Å². The summed E-state index contributed by atoms with van der Waals surface area (Å²) in [5.41, 5.74) is 3.42. The molecule has 0 fully saturated rings. The Morgan fingerprint density at radius 2 is 1.91 bits per heavy atom. The number of aromatic nitrogens is 3. The molecule has 0 aliphatic carbocycles. The first-order valence-electron chi connectivity index (χ1n) is 10.7. The number of nitrogens with zero attached hydrogens (tertiary/aromatic N) is 3. The number of aryl methyl sites for hydroxylation is 2. The van der Waals surface area contributed by atoms with Gasteiger partial charge >= 0.3 is 0 Å². The predicted octanol–water partition coefficient (Wildman–Crippen LogP) is 5.81. The average Bonchev–Trinajstić information content (AvgIpc) is 3.43. The van der Waals surface area contributed by atoms with Gasteiger partial charge in [-0.1, -0.05) is 36.4 Å². The molecule has 3 heterocycles. The monoisotopic (exact) mass is 458 g/mol. The van der Waals surface area contributed by atoms with Crippen molar-refractivity contribution in [1.29, 1.82) is 0 Å². The van der Waals surface area contributed by atoms with Gasteiger partial charge in [0.1, 0.15) is 28.8 Å². The van der Waals surface area contributed by atoms with E-state index in [1.807, 2.05) is 60.0 Å². The van der Waals surface area contributed by atoms with E-state index in [0.29, 0.717) is 11.5 Å². The van der Waals surface area contributed by atoms with Crippen LogP contribution in [0.15, 0.2) is 77.5 Å². The summed E-state index contributed by atoms with van der Waals surface area (Å²) in [5.74, 6) is -0.612. The Bertz CT molecular complexity index is 1490. The third-order valence-corrected chi connectivity index (χ3v) is 5.39. The zero-order chi connectivity index (χ0) is 23.7. The predicted molar refractivity (Wildman–Crippen MR) is 124 cm³/mol. The topological polar surface area (TPSA) is 72.4 Å². The van der Waals surface area contributed by atoms with E-state index in [4.69, 9.17) is 9.40 Å². The lowest BCUT2D eigenvalue weighted by atomic mass is 10.1. The first-order chi connectivity index (χ1) is 16.5. The molecule has 0 atom stereocenters. The Labute approximate surface area is 193 Å². The van der Waals surface area contributed by atoms with Gasteiger partial charge in [0.25, 0.3) is 0 Å². The second-order valence-electron chi connectivity index (χ2n) is 7.90. The number of oxazole rings is 1. The van der Waals surface area contributed by atoms with Crippen molar-refractivity contribution in [2.24, 2.45) is 0 Å². The fourth-order valence-corrected chi connectivity index (χ4v) is 3.72. The summed E-state index contributed by atoms with van der Waals surface area (Å²) >= 11 is 0. The molecule has 1 amide bonds. The number of pyridine rings is 1. The van der Waals surface area contributed by atoms with Crippen LogP contribution in [0.4, 0.5) is 14.6 Å². The van der Waals surface area contributed by atoms with E-state index in [1.165, 1.54) is 12.3 Å². The molecule has 0 spiro atoms. The van der Waals surface area contributed by atoms with Crippen molar-refractivity contribution >= 4 is 17.4 Å². The summed E-state index contributed by atoms with van der Waals surface area (Å²) in [7, 11) is 0. The Balaban J connectivity index is 1.35. The maximum atomic E-state index is 14.0. The Morgan fingerprint density at radius 3 is 2.71 bits per heavy atom. The number of nitrogens with one attached hydrogen (secondary N) is 1. The number of rotatable bonds is 6. The van der Waals surface area contributed by atoms with E-state index in [-0.39, 0.29) is 36.0 Å². The lowest BCUT2D eigenvalue weighted by molar-refractivity contribution is -0.116. The van der Waals surface area contributed by atoms with Crippen LogP contribution < -0.4 is 5.32 Å². The number of carbonyl (C=O) groups is 1. The summed E-state index contributed by atoms with van der Waals surface area (Å²) in [6.07, 6.45) is 3.59. The zero-order valence-electron chi connectivity index (χ0n) is 18.3. The van der Waals surface area contributed by atoms with Crippen molar-refractivity contribution in [1.82, 2.24) is 14.4 Å². The lowest BCUT2D eigenvalue weighted by Crippen LogP contribution is -2.14. The summed E-state index contributed by atoms with van der Waals surface area (Å²) in [6.45, 7) is 1.97. The molecule has 0 saturated heterocycles. The second kappa shape index (κ2) is 8.90. The van der Waals surface area contributed by atoms with E-state index in [1.54, 1.807) is 0 Å². The molecule has 8 heteroatoms. The van der Waals surface area contributed by atoms with Crippen LogP contribution in [0.25, 0.3) is 28.2 Å². The Hall–Kier alpha value is -4.33. The first kappa shape index (κ1) is 21.5. The van der Waals surface area contributed by atoms with Gasteiger partial charge in [-0.3, -0.25) is 9.20 Å². The van der Waals surface area contributed by atoms with Crippen LogP contribution in [0, 0.1) is 18.6 Å². The van der Waals surface area contributed by atoms with Crippen molar-refractivity contribution in [3.8, 4) is 22.6 Å². The molecule has 0 aliphatic rings. The van der Waals surface area contributed by atoms with Gasteiger partial charge in [0.15, 0.2) is 11.7 Å². The van der Waals surface area contributed by atoms with Crippen LogP contribution in [-0.4, -0.2) is 20.3 Å². The summed E-state index contributed by atoms with van der Waals surface area (Å²) < 4.78 is 34.6. The molecule has 1 N–H and O–H groups in total. The molecule has 6 nitrogen and oxygen atoms in total. The molecule has 5 rings (SSSR count). The fraction of sp³-hybridized carbons (Fsp3) is 0.115. The molecular weight excluding hydrogens is 438 g/mol. The van der Waals surface area contributed by atoms with E-state index in [9.17, 15) is 13.6 Å². The quantitative estimate of drug-likeness (QED) is 0.348. The number of anilines is 1. The van der Waals surface area contributed by atoms with E-state index in [0.717, 1.165) is 28.9 Å². The highest BCUT2D eigenvalue weighted by atomic mass is 19.1. The first-order valence-corrected chi connectivity index (χ1v) is 10.7. The molecule has 0 saturated carbocycles. The number of halogens is 2. The molecule has 0 aliphatic heterocycles. The van der Waals surface area contributed by atoms with E-state index in [2.05, 4.69) is 10.3 Å². The lowest BCUT2D eigenvalue weighted by Gasteiger charge is -2.08. The van der Waals surface area contributed by atoms with Crippen molar-refractivity contribution in [3.05, 3.63) is 96.1 Å². The van der Waals surface area contributed by atoms with Crippen LogP contribution in [0.5, 0.6) is 0 Å². The minimum Gasteiger partial charge on any atom is -0.441 e. The van der Waals surface area contributed by atoms with Crippen LogP contribution in [-0.2, 0) is 11.2 Å². The van der Waals surface area contributed by atoms with Gasteiger partial charge in [0.2, 0.25) is 5.91 Å². The van der Waals surface area contributed by atoms with Gasteiger partial charge in [0, 0.05) is 30.7 Å². The van der Waals surface area contributed by atoms with Crippen LogP contribution in [0.3, 0.4) is 0 Å². The zero-order valence-corrected chi connectivity index (χ0v) is 18.3. The van der Waals surface area contributed by atoms with Crippen molar-refractivity contribution < 1.29 is 18.0 Å².